The first-order chi connectivity index (χ1) is 32.7. The van der Waals surface area contributed by atoms with Crippen molar-refractivity contribution in [2.24, 2.45) is 0 Å². The summed E-state index contributed by atoms with van der Waals surface area (Å²) in [6.07, 6.45) is 0. The normalized spacial score (nSPS) is 11.6. The molecular formula is C64H41NO. The van der Waals surface area contributed by atoms with E-state index >= 15 is 0 Å². The zero-order valence-electron chi connectivity index (χ0n) is 36.0. The molecule has 0 fully saturated rings. The maximum Gasteiger partial charge on any atom is 0.136 e. The minimum Gasteiger partial charge on any atom is -0.456 e. The molecule has 0 saturated heterocycles. The zero-order valence-corrected chi connectivity index (χ0v) is 36.0. The van der Waals surface area contributed by atoms with Gasteiger partial charge in [-0.05, 0) is 125 Å². The first-order valence-electron chi connectivity index (χ1n) is 22.7. The van der Waals surface area contributed by atoms with Crippen molar-refractivity contribution in [1.29, 1.82) is 0 Å². The van der Waals surface area contributed by atoms with Gasteiger partial charge in [0.25, 0.3) is 0 Å². The zero-order chi connectivity index (χ0) is 43.6. The highest BCUT2D eigenvalue weighted by molar-refractivity contribution is 6.13. The third-order valence-corrected chi connectivity index (χ3v) is 13.5. The standard InChI is InChI=1S/C64H41NO/c1-3-14-52-43(12-1)31-33-49-40-50(36-39-54(49)52)56-17-6-9-21-61(56)65(51-37-34-46(35-38-51)57-19-11-23-63-64(57)58-18-7-10-22-62(58)66-63)60-20-8-5-16-55(60)45-26-24-42(25-27-45)48-32-30-47-29-28-44-13-2-4-15-53(44)59(47)41-48/h1-41H. The van der Waals surface area contributed by atoms with Gasteiger partial charge < -0.3 is 9.32 Å². The number of furan rings is 1. The van der Waals surface area contributed by atoms with Crippen LogP contribution in [0.3, 0.4) is 0 Å². The van der Waals surface area contributed by atoms with Crippen LogP contribution in [-0.4, -0.2) is 0 Å². The Labute approximate surface area is 382 Å². The van der Waals surface area contributed by atoms with Crippen molar-refractivity contribution in [3.05, 3.63) is 249 Å². The average Bonchev–Trinajstić information content (AvgIpc) is 3.78. The van der Waals surface area contributed by atoms with E-state index in [1.807, 2.05) is 12.1 Å². The van der Waals surface area contributed by atoms with Crippen molar-refractivity contribution >= 4 is 82.1 Å². The van der Waals surface area contributed by atoms with Gasteiger partial charge in [0.05, 0.1) is 11.4 Å². The molecule has 1 aromatic heterocycles. The summed E-state index contributed by atoms with van der Waals surface area (Å²) in [7, 11) is 0. The molecule has 12 aromatic carbocycles. The van der Waals surface area contributed by atoms with E-state index in [0.29, 0.717) is 0 Å². The van der Waals surface area contributed by atoms with Crippen molar-refractivity contribution in [2.75, 3.05) is 4.90 Å². The number of anilines is 3. The maximum atomic E-state index is 6.31. The van der Waals surface area contributed by atoms with Crippen molar-refractivity contribution in [3.8, 4) is 44.5 Å². The van der Waals surface area contributed by atoms with Crippen LogP contribution in [0.4, 0.5) is 17.1 Å². The quantitative estimate of drug-likeness (QED) is 0.149. The van der Waals surface area contributed by atoms with Crippen LogP contribution in [0.5, 0.6) is 0 Å². The number of hydrogen-bond donors (Lipinski definition) is 0. The van der Waals surface area contributed by atoms with Crippen LogP contribution in [-0.2, 0) is 0 Å². The van der Waals surface area contributed by atoms with Gasteiger partial charge in [0.2, 0.25) is 0 Å². The topological polar surface area (TPSA) is 16.4 Å². The van der Waals surface area contributed by atoms with E-state index in [0.717, 1.165) is 66.8 Å². The van der Waals surface area contributed by atoms with Crippen LogP contribution < -0.4 is 4.90 Å². The summed E-state index contributed by atoms with van der Waals surface area (Å²) in [5.74, 6) is 0. The Balaban J connectivity index is 0.952. The number of rotatable bonds is 7. The van der Waals surface area contributed by atoms with Crippen LogP contribution in [0, 0.1) is 0 Å². The average molecular weight is 840 g/mol. The number of para-hydroxylation sites is 3. The van der Waals surface area contributed by atoms with Crippen LogP contribution >= 0.6 is 0 Å². The molecule has 0 amide bonds. The fraction of sp³-hybridized carbons (Fsp3) is 0. The van der Waals surface area contributed by atoms with E-state index in [2.05, 4.69) is 241 Å². The third kappa shape index (κ3) is 6.34. The first kappa shape index (κ1) is 37.8. The van der Waals surface area contributed by atoms with Crippen molar-refractivity contribution < 1.29 is 4.42 Å². The highest BCUT2D eigenvalue weighted by Crippen LogP contribution is 2.46. The molecule has 0 bridgehead atoms. The van der Waals surface area contributed by atoms with Gasteiger partial charge in [-0.1, -0.05) is 200 Å². The molecule has 0 unspecified atom stereocenters. The molecule has 13 aromatic rings. The number of nitrogens with zero attached hydrogens (tertiary/aromatic N) is 1. The fourth-order valence-corrected chi connectivity index (χ4v) is 10.2. The third-order valence-electron chi connectivity index (χ3n) is 13.5. The minimum atomic E-state index is 0.894. The summed E-state index contributed by atoms with van der Waals surface area (Å²) in [5.41, 5.74) is 14.3. The lowest BCUT2D eigenvalue weighted by Crippen LogP contribution is -2.12. The molecule has 308 valence electrons. The second kappa shape index (κ2) is 15.5. The van der Waals surface area contributed by atoms with Crippen molar-refractivity contribution in [2.45, 2.75) is 0 Å². The number of benzene rings is 12. The van der Waals surface area contributed by atoms with E-state index in [9.17, 15) is 0 Å². The van der Waals surface area contributed by atoms with Gasteiger partial charge in [0, 0.05) is 27.6 Å². The van der Waals surface area contributed by atoms with Crippen molar-refractivity contribution in [3.63, 3.8) is 0 Å². The Bertz CT molecular complexity index is 3990. The molecule has 0 aliphatic heterocycles. The highest BCUT2D eigenvalue weighted by atomic mass is 16.3. The van der Waals surface area contributed by atoms with Gasteiger partial charge in [-0.3, -0.25) is 0 Å². The highest BCUT2D eigenvalue weighted by Gasteiger charge is 2.22. The van der Waals surface area contributed by atoms with Gasteiger partial charge in [-0.25, -0.2) is 0 Å². The molecule has 0 spiro atoms. The molecule has 13 rings (SSSR count). The Hall–Kier alpha value is -8.72. The van der Waals surface area contributed by atoms with Crippen LogP contribution in [0.2, 0.25) is 0 Å². The molecule has 0 N–H and O–H groups in total. The van der Waals surface area contributed by atoms with E-state index in [1.165, 1.54) is 59.8 Å². The van der Waals surface area contributed by atoms with Gasteiger partial charge in [-0.2, -0.15) is 0 Å². The number of fused-ring (bicyclic) bond motifs is 9. The second-order valence-electron chi connectivity index (χ2n) is 17.2. The summed E-state index contributed by atoms with van der Waals surface area (Å²) in [6, 6.07) is 90.4. The molecule has 0 aliphatic rings. The van der Waals surface area contributed by atoms with Crippen LogP contribution in [0.1, 0.15) is 0 Å². The summed E-state index contributed by atoms with van der Waals surface area (Å²) >= 11 is 0. The van der Waals surface area contributed by atoms with Crippen LogP contribution in [0.25, 0.3) is 110 Å². The monoisotopic (exact) mass is 839 g/mol. The van der Waals surface area contributed by atoms with Crippen molar-refractivity contribution in [1.82, 2.24) is 0 Å². The lowest BCUT2D eigenvalue weighted by Gasteiger charge is -2.30. The fourth-order valence-electron chi connectivity index (χ4n) is 10.2. The maximum absolute atomic E-state index is 6.31. The Kier molecular flexibility index (Phi) is 8.89. The summed E-state index contributed by atoms with van der Waals surface area (Å²) < 4.78 is 6.31. The molecule has 0 saturated carbocycles. The van der Waals surface area contributed by atoms with Gasteiger partial charge in [0.15, 0.2) is 0 Å². The van der Waals surface area contributed by atoms with Gasteiger partial charge in [-0.15, -0.1) is 0 Å². The SMILES string of the molecule is c1ccc(N(c2ccc(-c3cccc4oc5ccccc5c34)cc2)c2ccccc2-c2ccc3c(ccc4ccccc43)c2)c(-c2ccc(-c3ccc4ccc5ccccc5c4c3)cc2)c1. The second-order valence-corrected chi connectivity index (χ2v) is 17.2. The minimum absolute atomic E-state index is 0.894. The summed E-state index contributed by atoms with van der Waals surface area (Å²) in [4.78, 5) is 2.44. The Morgan fingerprint density at radius 1 is 0.258 bits per heavy atom. The Morgan fingerprint density at radius 3 is 1.47 bits per heavy atom. The molecule has 1 heterocycles. The van der Waals surface area contributed by atoms with Gasteiger partial charge >= 0.3 is 0 Å². The molecular weight excluding hydrogens is 799 g/mol. The summed E-state index contributed by atoms with van der Waals surface area (Å²) in [5, 5.41) is 12.3. The molecule has 0 aliphatic carbocycles. The van der Waals surface area contributed by atoms with E-state index in [-0.39, 0.29) is 0 Å². The molecule has 0 atom stereocenters. The molecule has 66 heavy (non-hydrogen) atoms. The first-order valence-corrected chi connectivity index (χ1v) is 22.7. The van der Waals surface area contributed by atoms with E-state index < -0.39 is 0 Å². The largest absolute Gasteiger partial charge is 0.456 e. The summed E-state index contributed by atoms with van der Waals surface area (Å²) in [6.45, 7) is 0. The lowest BCUT2D eigenvalue weighted by atomic mass is 9.94. The predicted octanol–water partition coefficient (Wildman–Crippen LogP) is 18.3. The van der Waals surface area contributed by atoms with E-state index in [1.54, 1.807) is 0 Å². The smallest absolute Gasteiger partial charge is 0.136 e. The molecule has 2 heteroatoms. The predicted molar refractivity (Wildman–Crippen MR) is 280 cm³/mol. The molecule has 0 radical (unpaired) electrons. The van der Waals surface area contributed by atoms with Gasteiger partial charge in [0.1, 0.15) is 11.2 Å². The Morgan fingerprint density at radius 2 is 0.727 bits per heavy atom. The lowest BCUT2D eigenvalue weighted by molar-refractivity contribution is 0.669. The number of hydrogen-bond acceptors (Lipinski definition) is 2. The molecule has 2 nitrogen and oxygen atoms in total. The van der Waals surface area contributed by atoms with Crippen LogP contribution in [0.15, 0.2) is 253 Å². The van der Waals surface area contributed by atoms with E-state index in [4.69, 9.17) is 4.42 Å².